The summed E-state index contributed by atoms with van der Waals surface area (Å²) in [5.74, 6) is -0.793. The number of urea groups is 1. The number of halogens is 2. The Bertz CT molecular complexity index is 2630. The molecule has 2 aromatic carbocycles. The van der Waals surface area contributed by atoms with Crippen LogP contribution in [0.4, 0.5) is 25.1 Å². The molecule has 350 valence electrons. The molecule has 2 aliphatic heterocycles. The minimum Gasteiger partial charge on any atom is -0.444 e. The molecule has 22 heteroatoms. The quantitative estimate of drug-likeness (QED) is 0.0451. The molecule has 1 saturated carbocycles. The molecule has 3 aromatic heterocycles. The summed E-state index contributed by atoms with van der Waals surface area (Å²) in [7, 11) is 0. The van der Waals surface area contributed by atoms with Crippen molar-refractivity contribution in [3.8, 4) is 17.1 Å². The molecular weight excluding hydrogens is 877 g/mol. The molecule has 0 spiro atoms. The number of nitrogens with one attached hydrogen (secondary N) is 6. The maximum atomic E-state index is 14.0. The SMILES string of the molecule is O=C1CCC(N2Cc3cc(CNC(=O)NCCOCCOCCNC(=O)c4ccc(-n5cc(NC(=O)c6coc(-c7ccnc(NCC8CC8)c7)n6)c(C(F)F)n5)cc4)ccc3C2=O)C(=O)N1. The van der Waals surface area contributed by atoms with Gasteiger partial charge in [-0.15, -0.1) is 0 Å². The monoisotopic (exact) mass is 923 g/mol. The van der Waals surface area contributed by atoms with Gasteiger partial charge in [-0.05, 0) is 78.8 Å². The second-order valence-electron chi connectivity index (χ2n) is 15.9. The van der Waals surface area contributed by atoms with Crippen LogP contribution in [-0.4, -0.2) is 112 Å². The van der Waals surface area contributed by atoms with Gasteiger partial charge < -0.3 is 45.4 Å². The molecular formula is C45H47F2N11O9. The Morgan fingerprint density at radius 1 is 0.896 bits per heavy atom. The van der Waals surface area contributed by atoms with E-state index >= 15 is 0 Å². The molecule has 3 aliphatic rings. The van der Waals surface area contributed by atoms with Crippen LogP contribution < -0.4 is 31.9 Å². The van der Waals surface area contributed by atoms with Crippen molar-refractivity contribution in [1.29, 1.82) is 0 Å². The topological polar surface area (TPSA) is 253 Å². The van der Waals surface area contributed by atoms with Crippen molar-refractivity contribution in [3.05, 3.63) is 107 Å². The summed E-state index contributed by atoms with van der Waals surface area (Å²) in [6, 6.07) is 13.6. The number of carbonyl (C=O) groups is 6. The van der Waals surface area contributed by atoms with E-state index in [0.29, 0.717) is 34.1 Å². The molecule has 6 N–H and O–H groups in total. The molecule has 20 nitrogen and oxygen atoms in total. The maximum Gasteiger partial charge on any atom is 0.315 e. The van der Waals surface area contributed by atoms with E-state index in [1.54, 1.807) is 30.5 Å². The number of hydrogen-bond acceptors (Lipinski definition) is 13. The Balaban J connectivity index is 0.695. The molecule has 1 unspecified atom stereocenters. The number of oxazole rings is 1. The first-order chi connectivity index (χ1) is 32.5. The number of hydrogen-bond donors (Lipinski definition) is 6. The lowest BCUT2D eigenvalue weighted by atomic mass is 10.0. The zero-order valence-corrected chi connectivity index (χ0v) is 36.0. The van der Waals surface area contributed by atoms with Crippen molar-refractivity contribution in [2.45, 2.75) is 51.2 Å². The molecule has 1 saturated heterocycles. The van der Waals surface area contributed by atoms with Crippen molar-refractivity contribution in [2.24, 2.45) is 5.92 Å². The average molecular weight is 924 g/mol. The molecule has 1 atom stereocenters. The van der Waals surface area contributed by atoms with Crippen molar-refractivity contribution in [3.63, 3.8) is 0 Å². The third kappa shape index (κ3) is 11.8. The number of carbonyl (C=O) groups excluding carboxylic acids is 6. The number of rotatable bonds is 21. The van der Waals surface area contributed by atoms with Crippen LogP contribution in [-0.2, 0) is 32.2 Å². The van der Waals surface area contributed by atoms with Gasteiger partial charge in [-0.3, -0.25) is 29.3 Å². The standard InChI is InChI=1S/C45H47F2N11O9/c46-39(47)38-33(53-41(61)34-25-67-43(54-34)29-11-12-48-36(20-29)51-21-26-1-2-26)24-58(56-38)31-6-4-28(5-7-31)40(60)49-13-15-65-17-18-66-16-14-50-45(64)52-22-27-3-8-32-30(19-27)23-57(44(32)63)35-9-10-37(59)55-42(35)62/h3-8,11-12,19-20,24-26,35,39H,1-2,9-10,13-18,21-23H2,(H,48,51)(H,49,60)(H,53,61)(H2,50,52,64)(H,55,59,62). The van der Waals surface area contributed by atoms with Crippen molar-refractivity contribution in [2.75, 3.05) is 56.7 Å². The van der Waals surface area contributed by atoms with Gasteiger partial charge in [-0.25, -0.2) is 28.2 Å². The zero-order valence-electron chi connectivity index (χ0n) is 36.0. The van der Waals surface area contributed by atoms with Crippen molar-refractivity contribution >= 4 is 47.1 Å². The van der Waals surface area contributed by atoms with Crippen molar-refractivity contribution < 1.29 is 51.4 Å². The highest BCUT2D eigenvalue weighted by molar-refractivity contribution is 6.05. The molecule has 5 aromatic rings. The van der Waals surface area contributed by atoms with E-state index in [2.05, 4.69) is 47.0 Å². The summed E-state index contributed by atoms with van der Waals surface area (Å²) < 4.78 is 45.8. The van der Waals surface area contributed by atoms with Gasteiger partial charge in [0.1, 0.15) is 18.1 Å². The molecule has 8 rings (SSSR count). The number of aromatic nitrogens is 4. The average Bonchev–Trinajstić information content (AvgIpc) is 3.68. The number of amides is 7. The maximum absolute atomic E-state index is 14.0. The zero-order chi connectivity index (χ0) is 46.9. The van der Waals surface area contributed by atoms with Gasteiger partial charge in [0.05, 0.1) is 44.0 Å². The first-order valence-electron chi connectivity index (χ1n) is 21.7. The number of pyridine rings is 1. The number of ether oxygens (including phenoxy) is 2. The van der Waals surface area contributed by atoms with Crippen LogP contribution >= 0.6 is 0 Å². The summed E-state index contributed by atoms with van der Waals surface area (Å²) >= 11 is 0. The molecule has 2 fully saturated rings. The van der Waals surface area contributed by atoms with Crippen LogP contribution in [0.1, 0.15) is 80.1 Å². The molecule has 7 amide bonds. The summed E-state index contributed by atoms with van der Waals surface area (Å²) in [5.41, 5.74) is 2.28. The van der Waals surface area contributed by atoms with Gasteiger partial charge in [-0.1, -0.05) is 12.1 Å². The van der Waals surface area contributed by atoms with Crippen molar-refractivity contribution in [1.82, 2.24) is 45.9 Å². The third-order valence-corrected chi connectivity index (χ3v) is 11.1. The van der Waals surface area contributed by atoms with E-state index < -0.39 is 36.0 Å². The Morgan fingerprint density at radius 3 is 2.42 bits per heavy atom. The molecule has 0 radical (unpaired) electrons. The lowest BCUT2D eigenvalue weighted by Crippen LogP contribution is -2.52. The fraction of sp³-hybridized carbons (Fsp3) is 0.356. The predicted octanol–water partition coefficient (Wildman–Crippen LogP) is 3.96. The summed E-state index contributed by atoms with van der Waals surface area (Å²) in [6.07, 6.45) is 3.80. The number of piperidine rings is 1. The van der Waals surface area contributed by atoms with Gasteiger partial charge in [0.2, 0.25) is 17.7 Å². The largest absolute Gasteiger partial charge is 0.444 e. The smallest absolute Gasteiger partial charge is 0.315 e. The summed E-state index contributed by atoms with van der Waals surface area (Å²) in [4.78, 5) is 84.8. The minimum atomic E-state index is -3.01. The van der Waals surface area contributed by atoms with E-state index in [0.717, 1.165) is 23.9 Å². The Morgan fingerprint density at radius 2 is 1.67 bits per heavy atom. The van der Waals surface area contributed by atoms with E-state index in [1.165, 1.54) is 52.9 Å². The Kier molecular flexibility index (Phi) is 14.5. The number of anilines is 2. The first kappa shape index (κ1) is 46.0. The van der Waals surface area contributed by atoms with Crippen LogP contribution in [0.15, 0.2) is 77.7 Å². The van der Waals surface area contributed by atoms with Crippen LogP contribution in [0.3, 0.4) is 0 Å². The van der Waals surface area contributed by atoms with Gasteiger partial charge in [0.15, 0.2) is 11.4 Å². The molecule has 0 bridgehead atoms. The fourth-order valence-electron chi connectivity index (χ4n) is 7.35. The normalized spacial score (nSPS) is 15.6. The second kappa shape index (κ2) is 21.1. The Hall–Kier alpha value is -7.59. The number of alkyl halides is 2. The number of nitrogens with zero attached hydrogens (tertiary/aromatic N) is 5. The van der Waals surface area contributed by atoms with Gasteiger partial charge >= 0.3 is 6.03 Å². The predicted molar refractivity (Wildman–Crippen MR) is 234 cm³/mol. The van der Waals surface area contributed by atoms with E-state index in [1.807, 2.05) is 6.07 Å². The lowest BCUT2D eigenvalue weighted by molar-refractivity contribution is -0.136. The first-order valence-corrected chi connectivity index (χ1v) is 21.7. The number of benzene rings is 2. The Labute approximate surface area is 381 Å². The highest BCUT2D eigenvalue weighted by Gasteiger charge is 2.39. The number of imide groups is 1. The van der Waals surface area contributed by atoms with Crippen LogP contribution in [0.2, 0.25) is 0 Å². The van der Waals surface area contributed by atoms with Gasteiger partial charge in [0.25, 0.3) is 24.1 Å². The van der Waals surface area contributed by atoms with Gasteiger partial charge in [-0.2, -0.15) is 5.10 Å². The van der Waals surface area contributed by atoms with Crippen LogP contribution in [0.5, 0.6) is 0 Å². The van der Waals surface area contributed by atoms with Crippen LogP contribution in [0, 0.1) is 5.92 Å². The van der Waals surface area contributed by atoms with Crippen LogP contribution in [0.25, 0.3) is 17.1 Å². The third-order valence-electron chi connectivity index (χ3n) is 11.1. The van der Waals surface area contributed by atoms with E-state index in [-0.39, 0.29) is 100 Å². The molecule has 67 heavy (non-hydrogen) atoms. The fourth-order valence-corrected chi connectivity index (χ4v) is 7.35. The highest BCUT2D eigenvalue weighted by atomic mass is 19.3. The highest BCUT2D eigenvalue weighted by Crippen LogP contribution is 2.31. The van der Waals surface area contributed by atoms with E-state index in [9.17, 15) is 37.5 Å². The minimum absolute atomic E-state index is 0.120. The summed E-state index contributed by atoms with van der Waals surface area (Å²) in [5, 5.41) is 20.2. The number of fused-ring (bicyclic) bond motifs is 1. The second-order valence-corrected chi connectivity index (χ2v) is 15.9. The van der Waals surface area contributed by atoms with Gasteiger partial charge in [0, 0.05) is 62.0 Å². The molecule has 5 heterocycles. The summed E-state index contributed by atoms with van der Waals surface area (Å²) in [6.45, 7) is 2.64. The van der Waals surface area contributed by atoms with E-state index in [4.69, 9.17) is 13.9 Å². The molecule has 1 aliphatic carbocycles. The lowest BCUT2D eigenvalue weighted by Gasteiger charge is -2.29.